The topological polar surface area (TPSA) is 53.6 Å². The summed E-state index contributed by atoms with van der Waals surface area (Å²) in [4.78, 5) is 11.8. The molecule has 1 fully saturated rings. The van der Waals surface area contributed by atoms with Gasteiger partial charge in [0, 0.05) is 5.92 Å². The zero-order valence-corrected chi connectivity index (χ0v) is 9.99. The Bertz CT molecular complexity index is 514. The lowest BCUT2D eigenvalue weighted by Crippen LogP contribution is -2.27. The van der Waals surface area contributed by atoms with Crippen molar-refractivity contribution in [3.05, 3.63) is 36.2 Å². The van der Waals surface area contributed by atoms with Crippen LogP contribution in [0.1, 0.15) is 24.6 Å². The number of H-pyrrole nitrogens is 1. The summed E-state index contributed by atoms with van der Waals surface area (Å²) in [5, 5.41) is 3.33. The maximum absolute atomic E-state index is 12.8. The van der Waals surface area contributed by atoms with Crippen LogP contribution in [0.15, 0.2) is 24.5 Å². The molecule has 0 aromatic carbocycles. The van der Waals surface area contributed by atoms with Crippen LogP contribution in [0, 0.1) is 5.82 Å². The summed E-state index contributed by atoms with van der Waals surface area (Å²) < 4.78 is 12.8. The summed E-state index contributed by atoms with van der Waals surface area (Å²) in [5.74, 6) is 1.18. The molecule has 0 spiro atoms. The van der Waals surface area contributed by atoms with Crippen molar-refractivity contribution >= 4 is 0 Å². The highest BCUT2D eigenvalue weighted by Crippen LogP contribution is 2.24. The van der Waals surface area contributed by atoms with Gasteiger partial charge in [-0.1, -0.05) is 0 Å². The third-order valence-electron chi connectivity index (χ3n) is 3.32. The Morgan fingerprint density at radius 2 is 1.94 bits per heavy atom. The largest absolute Gasteiger partial charge is 0.340 e. The van der Waals surface area contributed by atoms with Crippen LogP contribution < -0.4 is 5.32 Å². The maximum atomic E-state index is 12.8. The highest BCUT2D eigenvalue weighted by molar-refractivity contribution is 5.52. The molecule has 4 nitrogen and oxygen atoms in total. The number of rotatable bonds is 2. The first-order valence-electron chi connectivity index (χ1n) is 6.20. The molecule has 1 aliphatic rings. The second-order valence-electron chi connectivity index (χ2n) is 4.57. The first-order valence-corrected chi connectivity index (χ1v) is 6.20. The Labute approximate surface area is 105 Å². The highest BCUT2D eigenvalue weighted by Gasteiger charge is 2.18. The van der Waals surface area contributed by atoms with Gasteiger partial charge in [0.15, 0.2) is 0 Å². The zero-order valence-electron chi connectivity index (χ0n) is 9.99. The van der Waals surface area contributed by atoms with E-state index in [0.717, 1.165) is 43.1 Å². The molecule has 0 amide bonds. The van der Waals surface area contributed by atoms with Crippen LogP contribution in [0.3, 0.4) is 0 Å². The van der Waals surface area contributed by atoms with Gasteiger partial charge in [-0.2, -0.15) is 0 Å². The molecule has 0 bridgehead atoms. The molecule has 94 valence electrons. The summed E-state index contributed by atoms with van der Waals surface area (Å²) in [6, 6.07) is 3.07. The smallest absolute Gasteiger partial charge is 0.141 e. The van der Waals surface area contributed by atoms with Crippen molar-refractivity contribution in [3.8, 4) is 11.4 Å². The van der Waals surface area contributed by atoms with Crippen molar-refractivity contribution in [2.45, 2.75) is 18.8 Å². The number of aromatic nitrogens is 3. The van der Waals surface area contributed by atoms with Crippen LogP contribution in [0.5, 0.6) is 0 Å². The Morgan fingerprint density at radius 3 is 2.67 bits per heavy atom. The fourth-order valence-electron chi connectivity index (χ4n) is 2.30. The van der Waals surface area contributed by atoms with Gasteiger partial charge < -0.3 is 10.3 Å². The molecule has 0 unspecified atom stereocenters. The van der Waals surface area contributed by atoms with E-state index in [2.05, 4.69) is 20.3 Å². The van der Waals surface area contributed by atoms with Crippen LogP contribution in [0.4, 0.5) is 4.39 Å². The number of piperidine rings is 1. The van der Waals surface area contributed by atoms with Crippen LogP contribution in [0.25, 0.3) is 11.4 Å². The predicted molar refractivity (Wildman–Crippen MR) is 66.6 cm³/mol. The number of nitrogens with zero attached hydrogens (tertiary/aromatic N) is 2. The number of pyridine rings is 1. The van der Waals surface area contributed by atoms with Gasteiger partial charge in [0.1, 0.15) is 11.6 Å². The highest BCUT2D eigenvalue weighted by atomic mass is 19.1. The second kappa shape index (κ2) is 4.86. The molecule has 18 heavy (non-hydrogen) atoms. The van der Waals surface area contributed by atoms with E-state index in [1.54, 1.807) is 12.3 Å². The van der Waals surface area contributed by atoms with E-state index in [0.29, 0.717) is 5.92 Å². The van der Waals surface area contributed by atoms with Crippen molar-refractivity contribution in [2.24, 2.45) is 0 Å². The van der Waals surface area contributed by atoms with Gasteiger partial charge in [-0.15, -0.1) is 0 Å². The summed E-state index contributed by atoms with van der Waals surface area (Å²) in [6.07, 6.45) is 5.20. The predicted octanol–water partition coefficient (Wildman–Crippen LogP) is 2.08. The number of halogens is 1. The number of aromatic amines is 1. The Hall–Kier alpha value is -1.75. The lowest BCUT2D eigenvalue weighted by Gasteiger charge is -2.20. The first kappa shape index (κ1) is 11.3. The van der Waals surface area contributed by atoms with Gasteiger partial charge in [0.05, 0.1) is 23.8 Å². The molecule has 0 atom stereocenters. The van der Waals surface area contributed by atoms with Gasteiger partial charge in [0.25, 0.3) is 0 Å². The van der Waals surface area contributed by atoms with Crippen molar-refractivity contribution in [3.63, 3.8) is 0 Å². The summed E-state index contributed by atoms with van der Waals surface area (Å²) in [5.41, 5.74) is 1.58. The number of hydrogen-bond donors (Lipinski definition) is 2. The summed E-state index contributed by atoms with van der Waals surface area (Å²) in [6.45, 7) is 2.07. The molecule has 0 saturated carbocycles. The van der Waals surface area contributed by atoms with Crippen LogP contribution >= 0.6 is 0 Å². The Kier molecular flexibility index (Phi) is 3.06. The summed E-state index contributed by atoms with van der Waals surface area (Å²) >= 11 is 0. The molecule has 2 aromatic rings. The third-order valence-corrected chi connectivity index (χ3v) is 3.32. The Balaban J connectivity index is 1.82. The zero-order chi connectivity index (χ0) is 12.4. The monoisotopic (exact) mass is 246 g/mol. The lowest BCUT2D eigenvalue weighted by molar-refractivity contribution is 0.447. The minimum absolute atomic E-state index is 0.322. The minimum atomic E-state index is -0.322. The van der Waals surface area contributed by atoms with E-state index in [1.807, 2.05) is 0 Å². The van der Waals surface area contributed by atoms with Crippen molar-refractivity contribution in [2.75, 3.05) is 13.1 Å². The fourth-order valence-corrected chi connectivity index (χ4v) is 2.30. The van der Waals surface area contributed by atoms with Gasteiger partial charge in [0.2, 0.25) is 0 Å². The summed E-state index contributed by atoms with van der Waals surface area (Å²) in [7, 11) is 0. The molecular formula is C13H15FN4. The lowest BCUT2D eigenvalue weighted by atomic mass is 9.98. The average molecular weight is 246 g/mol. The van der Waals surface area contributed by atoms with Crippen LogP contribution in [0.2, 0.25) is 0 Å². The van der Waals surface area contributed by atoms with E-state index in [4.69, 9.17) is 0 Å². The van der Waals surface area contributed by atoms with Gasteiger partial charge >= 0.3 is 0 Å². The molecule has 5 heteroatoms. The second-order valence-corrected chi connectivity index (χ2v) is 4.57. The van der Waals surface area contributed by atoms with E-state index < -0.39 is 0 Å². The van der Waals surface area contributed by atoms with E-state index in [1.165, 1.54) is 12.3 Å². The van der Waals surface area contributed by atoms with E-state index in [-0.39, 0.29) is 5.82 Å². The van der Waals surface area contributed by atoms with Crippen LogP contribution in [-0.4, -0.2) is 28.0 Å². The molecule has 0 radical (unpaired) electrons. The van der Waals surface area contributed by atoms with Gasteiger partial charge in [-0.05, 0) is 38.1 Å². The molecule has 3 rings (SSSR count). The van der Waals surface area contributed by atoms with Crippen molar-refractivity contribution < 1.29 is 4.39 Å². The van der Waals surface area contributed by atoms with E-state index >= 15 is 0 Å². The maximum Gasteiger partial charge on any atom is 0.141 e. The SMILES string of the molecule is Fc1ccc(-c2cnc(C3CCNCC3)[nH]2)nc1. The van der Waals surface area contributed by atoms with E-state index in [9.17, 15) is 4.39 Å². The molecule has 1 aliphatic heterocycles. The fraction of sp³-hybridized carbons (Fsp3) is 0.385. The number of hydrogen-bond acceptors (Lipinski definition) is 3. The normalized spacial score (nSPS) is 16.9. The number of nitrogens with one attached hydrogen (secondary N) is 2. The molecule has 0 aliphatic carbocycles. The standard InChI is InChI=1S/C13H15FN4/c14-10-1-2-11(16-7-10)12-8-17-13(18-12)9-3-5-15-6-4-9/h1-2,7-9,15H,3-6H2,(H,17,18). The minimum Gasteiger partial charge on any atom is -0.340 e. The van der Waals surface area contributed by atoms with Crippen LogP contribution in [-0.2, 0) is 0 Å². The van der Waals surface area contributed by atoms with Gasteiger partial charge in [-0.3, -0.25) is 4.98 Å². The third kappa shape index (κ3) is 2.26. The first-order chi connectivity index (χ1) is 8.83. The van der Waals surface area contributed by atoms with Gasteiger partial charge in [-0.25, -0.2) is 9.37 Å². The number of imidazole rings is 1. The molecule has 3 heterocycles. The molecular weight excluding hydrogens is 231 g/mol. The van der Waals surface area contributed by atoms with Crippen molar-refractivity contribution in [1.29, 1.82) is 0 Å². The molecule has 2 N–H and O–H groups in total. The van der Waals surface area contributed by atoms with Crippen molar-refractivity contribution in [1.82, 2.24) is 20.3 Å². The average Bonchev–Trinajstić information content (AvgIpc) is 2.90. The Morgan fingerprint density at radius 1 is 1.11 bits per heavy atom. The molecule has 2 aromatic heterocycles. The quantitative estimate of drug-likeness (QED) is 0.853. The molecule has 1 saturated heterocycles.